The predicted molar refractivity (Wildman–Crippen MR) is 133 cm³/mol. The van der Waals surface area contributed by atoms with Crippen molar-refractivity contribution in [3.05, 3.63) is 89.1 Å². The Hall–Kier alpha value is -4.27. The highest BCUT2D eigenvalue weighted by Gasteiger charge is 2.47. The lowest BCUT2D eigenvalue weighted by molar-refractivity contribution is -0.139. The lowest BCUT2D eigenvalue weighted by Crippen LogP contribution is -2.70. The number of benzene rings is 1. The summed E-state index contributed by atoms with van der Waals surface area (Å²) < 4.78 is 43.2. The van der Waals surface area contributed by atoms with Crippen LogP contribution in [0.4, 0.5) is 18.9 Å². The van der Waals surface area contributed by atoms with Crippen LogP contribution >= 0.6 is 0 Å². The van der Waals surface area contributed by atoms with Gasteiger partial charge in [0, 0.05) is 68.0 Å². The van der Waals surface area contributed by atoms with Gasteiger partial charge in [0.15, 0.2) is 5.65 Å². The average molecular weight is 518 g/mol. The third-order valence-corrected chi connectivity index (χ3v) is 6.80. The van der Waals surface area contributed by atoms with E-state index in [1.165, 1.54) is 30.6 Å². The number of halogens is 3. The van der Waals surface area contributed by atoms with Gasteiger partial charge in [0.25, 0.3) is 5.91 Å². The maximum atomic E-state index is 13.9. The van der Waals surface area contributed by atoms with Gasteiger partial charge in [-0.25, -0.2) is 9.50 Å². The van der Waals surface area contributed by atoms with E-state index in [2.05, 4.69) is 37.5 Å². The Balaban J connectivity index is 1.17. The molecule has 1 spiro atoms. The van der Waals surface area contributed by atoms with E-state index in [9.17, 15) is 18.0 Å². The molecular weight excluding hydrogens is 495 g/mol. The number of fused-ring (bicyclic) bond motifs is 1. The zero-order chi connectivity index (χ0) is 26.3. The van der Waals surface area contributed by atoms with Crippen LogP contribution in [-0.4, -0.2) is 56.6 Å². The molecule has 0 saturated carbocycles. The van der Waals surface area contributed by atoms with Gasteiger partial charge in [-0.1, -0.05) is 12.0 Å². The molecule has 0 atom stereocenters. The molecule has 1 amide bonds. The number of hydrogen-bond acceptors (Lipinski definition) is 6. The van der Waals surface area contributed by atoms with Gasteiger partial charge in [0.05, 0.1) is 17.3 Å². The highest BCUT2D eigenvalue weighted by atomic mass is 19.4. The Morgan fingerprint density at radius 1 is 1.11 bits per heavy atom. The van der Waals surface area contributed by atoms with Gasteiger partial charge < -0.3 is 10.6 Å². The number of imidazole rings is 1. The summed E-state index contributed by atoms with van der Waals surface area (Å²) in [5, 5.41) is 9.98. The van der Waals surface area contributed by atoms with Crippen molar-refractivity contribution in [1.29, 1.82) is 0 Å². The molecule has 0 aliphatic carbocycles. The molecule has 2 saturated heterocycles. The largest absolute Gasteiger partial charge is 0.416 e. The van der Waals surface area contributed by atoms with Crippen LogP contribution in [0.5, 0.6) is 0 Å². The van der Waals surface area contributed by atoms with Gasteiger partial charge in [-0.15, -0.1) is 0 Å². The second-order valence-corrected chi connectivity index (χ2v) is 9.72. The van der Waals surface area contributed by atoms with Crippen molar-refractivity contribution in [2.24, 2.45) is 5.41 Å². The van der Waals surface area contributed by atoms with Crippen LogP contribution in [0.25, 0.3) is 5.65 Å². The second kappa shape index (κ2) is 9.24. The summed E-state index contributed by atoms with van der Waals surface area (Å²) in [5.74, 6) is 5.30. The number of nitrogens with zero attached hydrogens (tertiary/aromatic N) is 5. The molecule has 0 unspecified atom stereocenters. The number of aromatic nitrogens is 4. The number of nitrogens with one attached hydrogen (secondary N) is 2. The van der Waals surface area contributed by atoms with Gasteiger partial charge in [0.1, 0.15) is 5.69 Å². The van der Waals surface area contributed by atoms with E-state index in [1.54, 1.807) is 29.0 Å². The summed E-state index contributed by atoms with van der Waals surface area (Å²) in [6.07, 6.45) is 1.50. The van der Waals surface area contributed by atoms with Crippen LogP contribution in [-0.2, 0) is 12.7 Å². The number of amides is 1. The molecular formula is C27H22F3N7O. The van der Waals surface area contributed by atoms with Crippen LogP contribution in [0.15, 0.2) is 61.2 Å². The third kappa shape index (κ3) is 4.71. The van der Waals surface area contributed by atoms with Crippen molar-refractivity contribution < 1.29 is 18.0 Å². The fourth-order valence-corrected chi connectivity index (χ4v) is 4.90. The molecule has 5 heterocycles. The molecule has 4 aromatic rings. The Kier molecular flexibility index (Phi) is 5.86. The van der Waals surface area contributed by atoms with Gasteiger partial charge in [-0.05, 0) is 41.8 Å². The monoisotopic (exact) mass is 517 g/mol. The van der Waals surface area contributed by atoms with Crippen LogP contribution in [0.1, 0.15) is 32.7 Å². The molecule has 3 aromatic heterocycles. The molecule has 2 aliphatic rings. The molecule has 1 aromatic carbocycles. The van der Waals surface area contributed by atoms with Gasteiger partial charge in [-0.2, -0.15) is 18.3 Å². The highest BCUT2D eigenvalue weighted by Crippen LogP contribution is 2.38. The average Bonchev–Trinajstić information content (AvgIpc) is 3.27. The number of pyridine rings is 1. The third-order valence-electron chi connectivity index (χ3n) is 6.80. The van der Waals surface area contributed by atoms with Crippen molar-refractivity contribution in [1.82, 2.24) is 29.8 Å². The van der Waals surface area contributed by atoms with Crippen molar-refractivity contribution in [2.45, 2.75) is 12.7 Å². The molecule has 38 heavy (non-hydrogen) atoms. The number of carbonyl (C=O) groups is 1. The summed E-state index contributed by atoms with van der Waals surface area (Å²) in [4.78, 5) is 23.1. The van der Waals surface area contributed by atoms with Crippen molar-refractivity contribution in [3.8, 4) is 11.8 Å². The molecule has 6 rings (SSSR count). The van der Waals surface area contributed by atoms with E-state index >= 15 is 0 Å². The number of anilines is 1. The van der Waals surface area contributed by atoms with E-state index in [1.807, 2.05) is 4.90 Å². The molecule has 0 radical (unpaired) electrons. The maximum absolute atomic E-state index is 13.9. The fourth-order valence-electron chi connectivity index (χ4n) is 4.90. The van der Waals surface area contributed by atoms with Crippen LogP contribution < -0.4 is 10.6 Å². The number of alkyl halides is 3. The minimum absolute atomic E-state index is 0.0580. The van der Waals surface area contributed by atoms with Crippen molar-refractivity contribution >= 4 is 17.2 Å². The number of carbonyl (C=O) groups excluding carboxylic acids is 1. The zero-order valence-electron chi connectivity index (χ0n) is 20.1. The van der Waals surface area contributed by atoms with Gasteiger partial charge in [-0.3, -0.25) is 14.7 Å². The standard InChI is InChI=1S/C27H22F3N7O/c28-27(29,30)23-9-21(5-4-19(23)13-36-16-26(17-36)14-32-15-26)35-25(38)20-8-18(10-31-11-20)3-6-22-12-33-24-2-1-7-34-37(22)24/h1-2,4-5,7-12,32H,13-17H2,(H,35,38). The molecule has 2 fully saturated rings. The number of likely N-dealkylation sites (tertiary alicyclic amines) is 1. The summed E-state index contributed by atoms with van der Waals surface area (Å²) in [7, 11) is 0. The first-order valence-corrected chi connectivity index (χ1v) is 12.0. The minimum atomic E-state index is -4.54. The summed E-state index contributed by atoms with van der Waals surface area (Å²) in [6, 6.07) is 9.02. The maximum Gasteiger partial charge on any atom is 0.416 e. The molecule has 192 valence electrons. The highest BCUT2D eigenvalue weighted by molar-refractivity contribution is 6.04. The molecule has 0 bridgehead atoms. The van der Waals surface area contributed by atoms with Gasteiger partial charge >= 0.3 is 6.18 Å². The predicted octanol–water partition coefficient (Wildman–Crippen LogP) is 3.20. The lowest BCUT2D eigenvalue weighted by atomic mass is 9.74. The SMILES string of the molecule is O=C(Nc1ccc(CN2CC3(CNC3)C2)c(C(F)(F)F)c1)c1cncc(C#Cc2cnc3cccnn23)c1. The number of rotatable bonds is 4. The van der Waals surface area contributed by atoms with Crippen LogP contribution in [0, 0.1) is 17.3 Å². The zero-order valence-corrected chi connectivity index (χ0v) is 20.1. The van der Waals surface area contributed by atoms with E-state index in [0.717, 1.165) is 32.2 Å². The van der Waals surface area contributed by atoms with E-state index in [0.29, 0.717) is 16.9 Å². The molecule has 2 N–H and O–H groups in total. The summed E-state index contributed by atoms with van der Waals surface area (Å²) in [6.45, 7) is 3.63. The van der Waals surface area contributed by atoms with E-state index < -0.39 is 17.6 Å². The Morgan fingerprint density at radius 2 is 1.95 bits per heavy atom. The molecule has 8 nitrogen and oxygen atoms in total. The lowest BCUT2D eigenvalue weighted by Gasteiger charge is -2.56. The Morgan fingerprint density at radius 3 is 2.71 bits per heavy atom. The second-order valence-electron chi connectivity index (χ2n) is 9.72. The Labute approximate surface area is 215 Å². The molecule has 11 heteroatoms. The normalized spacial score (nSPS) is 16.4. The molecule has 2 aliphatic heterocycles. The first-order chi connectivity index (χ1) is 18.3. The van der Waals surface area contributed by atoms with E-state index in [4.69, 9.17) is 0 Å². The van der Waals surface area contributed by atoms with Crippen molar-refractivity contribution in [3.63, 3.8) is 0 Å². The van der Waals surface area contributed by atoms with E-state index in [-0.39, 0.29) is 28.8 Å². The minimum Gasteiger partial charge on any atom is -0.322 e. The van der Waals surface area contributed by atoms with Gasteiger partial charge in [0.2, 0.25) is 0 Å². The number of hydrogen-bond donors (Lipinski definition) is 2. The topological polar surface area (TPSA) is 87.5 Å². The Bertz CT molecular complexity index is 1590. The summed E-state index contributed by atoms with van der Waals surface area (Å²) >= 11 is 0. The van der Waals surface area contributed by atoms with Crippen LogP contribution in [0.2, 0.25) is 0 Å². The fraction of sp³-hybridized carbons (Fsp3) is 0.259. The summed E-state index contributed by atoms with van der Waals surface area (Å²) in [5.41, 5.74) is 1.57. The first-order valence-electron chi connectivity index (χ1n) is 12.0. The van der Waals surface area contributed by atoms with Crippen molar-refractivity contribution in [2.75, 3.05) is 31.5 Å². The smallest absolute Gasteiger partial charge is 0.322 e. The van der Waals surface area contributed by atoms with Crippen LogP contribution in [0.3, 0.4) is 0 Å². The quantitative estimate of drug-likeness (QED) is 0.405. The first kappa shape index (κ1) is 24.1.